The van der Waals surface area contributed by atoms with Crippen LogP contribution in [0.5, 0.6) is 0 Å². The molecule has 1 radical (unpaired) electrons. The Hall–Kier alpha value is -2.43. The molecule has 85 valence electrons. The first-order valence-corrected chi connectivity index (χ1v) is 4.88. The van der Waals surface area contributed by atoms with Gasteiger partial charge in [0.05, 0.1) is 10.5 Å². The SMILES string of the molecule is O=[C]OCc1c([N+](=O)[O-])ccc2ccccc12. The molecule has 0 saturated carbocycles. The van der Waals surface area contributed by atoms with E-state index in [2.05, 4.69) is 4.74 Å². The lowest BCUT2D eigenvalue weighted by atomic mass is 10.0. The van der Waals surface area contributed by atoms with Crippen molar-refractivity contribution in [3.05, 3.63) is 52.1 Å². The fraction of sp³-hybridized carbons (Fsp3) is 0.0833. The quantitative estimate of drug-likeness (QED) is 0.597. The van der Waals surface area contributed by atoms with Gasteiger partial charge in [-0.1, -0.05) is 24.3 Å². The molecule has 5 heteroatoms. The van der Waals surface area contributed by atoms with Crippen molar-refractivity contribution in [1.82, 2.24) is 0 Å². The van der Waals surface area contributed by atoms with Gasteiger partial charge in [0, 0.05) is 6.07 Å². The van der Waals surface area contributed by atoms with E-state index >= 15 is 0 Å². The van der Waals surface area contributed by atoms with E-state index in [1.165, 1.54) is 12.5 Å². The summed E-state index contributed by atoms with van der Waals surface area (Å²) in [5.41, 5.74) is 0.329. The van der Waals surface area contributed by atoms with E-state index in [4.69, 9.17) is 0 Å². The molecule has 0 heterocycles. The third-order valence-corrected chi connectivity index (χ3v) is 2.49. The van der Waals surface area contributed by atoms with Crippen LogP contribution in [0, 0.1) is 10.1 Å². The van der Waals surface area contributed by atoms with Crippen LogP contribution in [0.15, 0.2) is 36.4 Å². The topological polar surface area (TPSA) is 69.4 Å². The molecule has 0 saturated heterocycles. The molecule has 0 aliphatic rings. The Kier molecular flexibility index (Phi) is 3.00. The van der Waals surface area contributed by atoms with E-state index in [-0.39, 0.29) is 12.3 Å². The maximum Gasteiger partial charge on any atom is 0.417 e. The summed E-state index contributed by atoms with van der Waals surface area (Å²) < 4.78 is 4.51. The number of benzene rings is 2. The molecule has 0 N–H and O–H groups in total. The van der Waals surface area contributed by atoms with Crippen LogP contribution in [0.3, 0.4) is 0 Å². The van der Waals surface area contributed by atoms with Gasteiger partial charge in [0.1, 0.15) is 6.61 Å². The van der Waals surface area contributed by atoms with Crippen molar-refractivity contribution in [1.29, 1.82) is 0 Å². The second-order valence-electron chi connectivity index (χ2n) is 3.41. The monoisotopic (exact) mass is 230 g/mol. The van der Waals surface area contributed by atoms with Gasteiger partial charge in [0.2, 0.25) is 0 Å². The van der Waals surface area contributed by atoms with Gasteiger partial charge in [0.25, 0.3) is 5.69 Å². The Bertz CT molecular complexity index is 580. The van der Waals surface area contributed by atoms with Crippen molar-refractivity contribution in [3.8, 4) is 0 Å². The predicted molar refractivity (Wildman–Crippen MR) is 61.1 cm³/mol. The normalized spacial score (nSPS) is 10.1. The maximum atomic E-state index is 10.9. The molecular weight excluding hydrogens is 222 g/mol. The summed E-state index contributed by atoms with van der Waals surface area (Å²) in [4.78, 5) is 20.5. The second kappa shape index (κ2) is 4.61. The Morgan fingerprint density at radius 2 is 2.00 bits per heavy atom. The van der Waals surface area contributed by atoms with Crippen LogP contribution >= 0.6 is 0 Å². The summed E-state index contributed by atoms with van der Waals surface area (Å²) in [6, 6.07) is 10.3. The maximum absolute atomic E-state index is 10.9. The number of nitro benzene ring substituents is 1. The van der Waals surface area contributed by atoms with Crippen LogP contribution in [-0.4, -0.2) is 11.4 Å². The lowest BCUT2D eigenvalue weighted by Gasteiger charge is -2.05. The molecule has 0 aliphatic heterocycles. The van der Waals surface area contributed by atoms with E-state index < -0.39 is 4.92 Å². The van der Waals surface area contributed by atoms with Crippen molar-refractivity contribution >= 4 is 22.9 Å². The highest BCUT2D eigenvalue weighted by Crippen LogP contribution is 2.28. The van der Waals surface area contributed by atoms with Crippen molar-refractivity contribution in [2.45, 2.75) is 6.61 Å². The number of hydrogen-bond acceptors (Lipinski definition) is 4. The minimum Gasteiger partial charge on any atom is -0.452 e. The average Bonchev–Trinajstić information content (AvgIpc) is 2.35. The summed E-state index contributed by atoms with van der Waals surface area (Å²) in [6.45, 7) is 1.12. The van der Waals surface area contributed by atoms with E-state index in [1.807, 2.05) is 12.1 Å². The Labute approximate surface area is 96.8 Å². The van der Waals surface area contributed by atoms with Crippen molar-refractivity contribution in [3.63, 3.8) is 0 Å². The fourth-order valence-corrected chi connectivity index (χ4v) is 1.75. The van der Waals surface area contributed by atoms with Crippen LogP contribution in [0.1, 0.15) is 5.56 Å². The molecule has 5 nitrogen and oxygen atoms in total. The molecule has 2 aromatic carbocycles. The Morgan fingerprint density at radius 1 is 1.24 bits per heavy atom. The minimum atomic E-state index is -0.490. The number of rotatable bonds is 4. The van der Waals surface area contributed by atoms with Gasteiger partial charge in [-0.15, -0.1) is 0 Å². The van der Waals surface area contributed by atoms with E-state index in [9.17, 15) is 14.9 Å². The summed E-state index contributed by atoms with van der Waals surface area (Å²) in [5.74, 6) is 0. The number of nitrogens with zero attached hydrogens (tertiary/aromatic N) is 1. The van der Waals surface area contributed by atoms with Gasteiger partial charge in [-0.2, -0.15) is 0 Å². The summed E-state index contributed by atoms with van der Waals surface area (Å²) >= 11 is 0. The van der Waals surface area contributed by atoms with E-state index in [1.54, 1.807) is 18.2 Å². The summed E-state index contributed by atoms with van der Waals surface area (Å²) in [6.07, 6.45) is 0. The van der Waals surface area contributed by atoms with Crippen molar-refractivity contribution in [2.75, 3.05) is 0 Å². The molecule has 0 fully saturated rings. The first-order chi connectivity index (χ1) is 8.24. The molecular formula is C12H8NO4. The molecule has 0 aliphatic carbocycles. The molecule has 0 unspecified atom stereocenters. The number of carbonyl (C=O) groups excluding carboxylic acids is 1. The summed E-state index contributed by atoms with van der Waals surface area (Å²) in [5, 5.41) is 12.4. The van der Waals surface area contributed by atoms with Crippen LogP contribution in [-0.2, 0) is 16.1 Å². The smallest absolute Gasteiger partial charge is 0.417 e. The Morgan fingerprint density at radius 3 is 2.71 bits per heavy atom. The van der Waals surface area contributed by atoms with Crippen LogP contribution in [0.2, 0.25) is 0 Å². The van der Waals surface area contributed by atoms with Gasteiger partial charge in [-0.05, 0) is 16.8 Å². The van der Waals surface area contributed by atoms with Crippen LogP contribution < -0.4 is 0 Å². The van der Waals surface area contributed by atoms with E-state index in [0.717, 1.165) is 5.39 Å². The third kappa shape index (κ3) is 2.08. The zero-order valence-corrected chi connectivity index (χ0v) is 8.75. The standard InChI is InChI=1S/C12H8NO4/c14-8-17-7-11-10-4-2-1-3-9(10)5-6-12(11)13(15)16/h1-6H,7H2. The zero-order valence-electron chi connectivity index (χ0n) is 8.75. The zero-order chi connectivity index (χ0) is 12.3. The molecule has 0 aromatic heterocycles. The molecule has 0 spiro atoms. The minimum absolute atomic E-state index is 0.0565. The number of hydrogen-bond donors (Lipinski definition) is 0. The highest BCUT2D eigenvalue weighted by molar-refractivity contribution is 5.88. The molecule has 0 bridgehead atoms. The van der Waals surface area contributed by atoms with Gasteiger partial charge >= 0.3 is 6.47 Å². The molecule has 0 atom stereocenters. The second-order valence-corrected chi connectivity index (χ2v) is 3.41. The largest absolute Gasteiger partial charge is 0.452 e. The van der Waals surface area contributed by atoms with Crippen molar-refractivity contribution < 1.29 is 14.5 Å². The van der Waals surface area contributed by atoms with Gasteiger partial charge in [-0.25, -0.2) is 4.79 Å². The lowest BCUT2D eigenvalue weighted by Crippen LogP contribution is -1.99. The highest BCUT2D eigenvalue weighted by atomic mass is 16.6. The lowest BCUT2D eigenvalue weighted by molar-refractivity contribution is -0.385. The van der Waals surface area contributed by atoms with Crippen LogP contribution in [0.25, 0.3) is 10.8 Å². The van der Waals surface area contributed by atoms with Crippen LogP contribution in [0.4, 0.5) is 5.69 Å². The average molecular weight is 230 g/mol. The molecule has 2 aromatic rings. The van der Waals surface area contributed by atoms with Gasteiger partial charge < -0.3 is 4.74 Å². The number of fused-ring (bicyclic) bond motifs is 1. The number of nitro groups is 1. The molecule has 0 amide bonds. The molecule has 17 heavy (non-hydrogen) atoms. The fourth-order valence-electron chi connectivity index (χ4n) is 1.75. The number of ether oxygens (including phenoxy) is 1. The highest BCUT2D eigenvalue weighted by Gasteiger charge is 2.16. The predicted octanol–water partition coefficient (Wildman–Crippen LogP) is 2.33. The molecule has 2 rings (SSSR count). The van der Waals surface area contributed by atoms with Crippen molar-refractivity contribution in [2.24, 2.45) is 0 Å². The Balaban J connectivity index is 2.65. The third-order valence-electron chi connectivity index (χ3n) is 2.49. The first-order valence-electron chi connectivity index (χ1n) is 4.88. The van der Waals surface area contributed by atoms with E-state index in [0.29, 0.717) is 10.9 Å². The first kappa shape index (κ1) is 11.1. The van der Waals surface area contributed by atoms with Gasteiger partial charge in [-0.3, -0.25) is 10.1 Å². The summed E-state index contributed by atoms with van der Waals surface area (Å²) in [7, 11) is 0. The van der Waals surface area contributed by atoms with Gasteiger partial charge in [0.15, 0.2) is 0 Å².